The van der Waals surface area contributed by atoms with Crippen LogP contribution in [0.5, 0.6) is 0 Å². The Morgan fingerprint density at radius 2 is 1.59 bits per heavy atom. The maximum atomic E-state index is 13.2. The van der Waals surface area contributed by atoms with Crippen LogP contribution < -0.4 is 5.56 Å². The third-order valence-electron chi connectivity index (χ3n) is 7.54. The number of amides is 2. The number of aliphatic hydroxyl groups is 1. The summed E-state index contributed by atoms with van der Waals surface area (Å²) in [6, 6.07) is 10.0. The highest BCUT2D eigenvalue weighted by Gasteiger charge is 2.51. The van der Waals surface area contributed by atoms with Gasteiger partial charge in [-0.1, -0.05) is 44.2 Å². The number of hydrogen-bond donors (Lipinski definition) is 1. The zero-order valence-electron chi connectivity index (χ0n) is 23.1. The van der Waals surface area contributed by atoms with Crippen LogP contribution in [0.3, 0.4) is 0 Å². The molecule has 1 fully saturated rings. The van der Waals surface area contributed by atoms with Gasteiger partial charge in [-0.25, -0.2) is 0 Å². The van der Waals surface area contributed by atoms with E-state index in [1.807, 2.05) is 0 Å². The fourth-order valence-corrected chi connectivity index (χ4v) is 5.15. The number of aromatic nitrogens is 1. The lowest BCUT2D eigenvalue weighted by Crippen LogP contribution is -2.61. The first-order chi connectivity index (χ1) is 18.7. The van der Waals surface area contributed by atoms with Crippen LogP contribution >= 0.6 is 0 Å². The number of piperidine rings is 1. The minimum atomic E-state index is -4.98. The lowest BCUT2D eigenvalue weighted by atomic mass is 9.69. The van der Waals surface area contributed by atoms with E-state index in [2.05, 4.69) is 0 Å². The molecular weight excluding hydrogens is 556 g/mol. The van der Waals surface area contributed by atoms with Gasteiger partial charge in [0.15, 0.2) is 0 Å². The van der Waals surface area contributed by atoms with Crippen molar-refractivity contribution >= 4 is 11.8 Å². The Morgan fingerprint density at radius 1 is 1.02 bits per heavy atom. The van der Waals surface area contributed by atoms with Crippen LogP contribution in [0.2, 0.25) is 0 Å². The smallest absolute Gasteiger partial charge is 0.387 e. The minimum absolute atomic E-state index is 0.192. The van der Waals surface area contributed by atoms with E-state index in [-0.39, 0.29) is 31.6 Å². The summed E-state index contributed by atoms with van der Waals surface area (Å²) in [6.07, 6.45) is -12.7. The van der Waals surface area contributed by atoms with Crippen LogP contribution in [0.4, 0.5) is 26.3 Å². The summed E-state index contributed by atoms with van der Waals surface area (Å²) in [5.74, 6) is -4.03. The number of carbonyl (C=O) groups is 2. The third-order valence-corrected chi connectivity index (χ3v) is 7.54. The summed E-state index contributed by atoms with van der Waals surface area (Å²) in [5.41, 5.74) is -2.26. The summed E-state index contributed by atoms with van der Waals surface area (Å²) in [4.78, 5) is 41.3. The predicted molar refractivity (Wildman–Crippen MR) is 139 cm³/mol. The molecule has 0 saturated carbocycles. The van der Waals surface area contributed by atoms with E-state index in [9.17, 15) is 45.8 Å². The molecule has 1 atom stereocenters. The highest BCUT2D eigenvalue weighted by molar-refractivity contribution is 6.00. The van der Waals surface area contributed by atoms with Crippen LogP contribution in [-0.4, -0.2) is 76.4 Å². The van der Waals surface area contributed by atoms with Crippen LogP contribution in [0.1, 0.15) is 43.5 Å². The molecule has 1 aliphatic heterocycles. The van der Waals surface area contributed by atoms with E-state index in [1.54, 1.807) is 44.4 Å². The molecular formula is C28H33F6N3O4. The molecule has 226 valence electrons. The largest absolute Gasteiger partial charge is 0.389 e. The van der Waals surface area contributed by atoms with Gasteiger partial charge in [0.25, 0.3) is 11.5 Å². The first-order valence-corrected chi connectivity index (χ1v) is 12.9. The highest BCUT2D eigenvalue weighted by atomic mass is 19.4. The SMILES string of the molecule is CN(C)C(=O)c1cn(CC2(O)CCN(C(=O)C(CC(F)(F)F)CC(F)(F)F)CC2(C)C)c(=O)cc1-c1ccccc1. The Morgan fingerprint density at radius 3 is 2.07 bits per heavy atom. The Balaban J connectivity index is 1.92. The van der Waals surface area contributed by atoms with Gasteiger partial charge >= 0.3 is 12.4 Å². The van der Waals surface area contributed by atoms with E-state index in [0.717, 1.165) is 4.90 Å². The van der Waals surface area contributed by atoms with Gasteiger partial charge in [-0.15, -0.1) is 0 Å². The Labute approximate surface area is 233 Å². The van der Waals surface area contributed by atoms with Crippen molar-refractivity contribution in [3.63, 3.8) is 0 Å². The molecule has 2 amide bonds. The average Bonchev–Trinajstić information content (AvgIpc) is 2.84. The molecule has 0 spiro atoms. The fraction of sp³-hybridized carbons (Fsp3) is 0.536. The number of alkyl halides is 6. The van der Waals surface area contributed by atoms with Crippen LogP contribution in [0.15, 0.2) is 47.4 Å². The second kappa shape index (κ2) is 11.5. The maximum Gasteiger partial charge on any atom is 0.389 e. The normalized spacial score (nSPS) is 19.4. The van der Waals surface area contributed by atoms with Gasteiger partial charge in [-0.05, 0) is 12.0 Å². The average molecular weight is 590 g/mol. The molecule has 1 N–H and O–H groups in total. The monoisotopic (exact) mass is 589 g/mol. The van der Waals surface area contributed by atoms with E-state index in [1.165, 1.54) is 35.6 Å². The summed E-state index contributed by atoms with van der Waals surface area (Å²) in [6.45, 7) is 2.06. The van der Waals surface area contributed by atoms with Crippen molar-refractivity contribution in [1.29, 1.82) is 0 Å². The van der Waals surface area contributed by atoms with Gasteiger partial charge in [0.05, 0.1) is 36.5 Å². The number of benzene rings is 1. The van der Waals surface area contributed by atoms with Crippen molar-refractivity contribution in [2.45, 2.75) is 57.6 Å². The van der Waals surface area contributed by atoms with E-state index < -0.39 is 59.5 Å². The molecule has 1 aliphatic rings. The lowest BCUT2D eigenvalue weighted by molar-refractivity contribution is -0.188. The summed E-state index contributed by atoms with van der Waals surface area (Å²) in [5, 5.41) is 11.7. The summed E-state index contributed by atoms with van der Waals surface area (Å²) < 4.78 is 79.2. The zero-order valence-corrected chi connectivity index (χ0v) is 23.1. The highest BCUT2D eigenvalue weighted by Crippen LogP contribution is 2.42. The number of hydrogen-bond acceptors (Lipinski definition) is 4. The quantitative estimate of drug-likeness (QED) is 0.474. The number of likely N-dealkylation sites (tertiary alicyclic amines) is 1. The van der Waals surface area contributed by atoms with Gasteiger partial charge in [0.2, 0.25) is 5.91 Å². The molecule has 3 rings (SSSR count). The number of pyridine rings is 1. The zero-order chi connectivity index (χ0) is 31.0. The Bertz CT molecular complexity index is 1300. The van der Waals surface area contributed by atoms with Crippen molar-refractivity contribution in [2.75, 3.05) is 27.2 Å². The first kappa shape index (κ1) is 32.2. The molecule has 1 aromatic carbocycles. The van der Waals surface area contributed by atoms with Crippen LogP contribution in [-0.2, 0) is 11.3 Å². The topological polar surface area (TPSA) is 82.8 Å². The third kappa shape index (κ3) is 7.69. The van der Waals surface area contributed by atoms with Gasteiger partial charge in [-0.3, -0.25) is 14.4 Å². The molecule has 0 aliphatic carbocycles. The van der Waals surface area contributed by atoms with E-state index in [0.29, 0.717) is 11.1 Å². The second-order valence-corrected chi connectivity index (χ2v) is 11.4. The molecule has 0 radical (unpaired) electrons. The molecule has 1 saturated heterocycles. The van der Waals surface area contributed by atoms with Crippen LogP contribution in [0.25, 0.3) is 11.1 Å². The minimum Gasteiger partial charge on any atom is -0.387 e. The first-order valence-electron chi connectivity index (χ1n) is 12.9. The molecule has 41 heavy (non-hydrogen) atoms. The molecule has 7 nitrogen and oxygen atoms in total. The predicted octanol–water partition coefficient (Wildman–Crippen LogP) is 4.73. The maximum absolute atomic E-state index is 13.2. The number of nitrogens with zero attached hydrogens (tertiary/aromatic N) is 3. The lowest BCUT2D eigenvalue weighted by Gasteiger charge is -2.51. The Kier molecular flexibility index (Phi) is 9.02. The molecule has 1 unspecified atom stereocenters. The molecule has 2 aromatic rings. The van der Waals surface area contributed by atoms with Gasteiger partial charge in [0, 0.05) is 50.4 Å². The molecule has 13 heteroatoms. The van der Waals surface area contributed by atoms with Crippen molar-refractivity contribution < 1.29 is 41.0 Å². The van der Waals surface area contributed by atoms with Crippen LogP contribution in [0, 0.1) is 11.3 Å². The fourth-order valence-electron chi connectivity index (χ4n) is 5.15. The van der Waals surface area contributed by atoms with Gasteiger partial charge in [-0.2, -0.15) is 26.3 Å². The molecule has 2 heterocycles. The number of rotatable bonds is 7. The van der Waals surface area contributed by atoms with Gasteiger partial charge < -0.3 is 19.5 Å². The second-order valence-electron chi connectivity index (χ2n) is 11.4. The van der Waals surface area contributed by atoms with Crippen molar-refractivity contribution in [2.24, 2.45) is 11.3 Å². The Hall–Kier alpha value is -3.35. The van der Waals surface area contributed by atoms with Crippen molar-refractivity contribution in [3.8, 4) is 11.1 Å². The van der Waals surface area contributed by atoms with E-state index in [4.69, 9.17) is 0 Å². The molecule has 1 aromatic heterocycles. The summed E-state index contributed by atoms with van der Waals surface area (Å²) >= 11 is 0. The number of carbonyl (C=O) groups excluding carboxylic acids is 2. The molecule has 0 bridgehead atoms. The standard InChI is InChI=1S/C28H33F6N3O4/c1-25(2)16-36(23(39)19(13-27(29,30)31)14-28(32,33)34)11-10-26(25,41)17-37-15-21(24(40)35(3)4)20(12-22(37)38)18-8-6-5-7-9-18/h5-9,12,15,19,41H,10-11,13-14,16-17H2,1-4H3. The van der Waals surface area contributed by atoms with E-state index >= 15 is 0 Å². The summed E-state index contributed by atoms with van der Waals surface area (Å²) in [7, 11) is 3.08. The van der Waals surface area contributed by atoms with Gasteiger partial charge in [0.1, 0.15) is 0 Å². The van der Waals surface area contributed by atoms with Crippen molar-refractivity contribution in [3.05, 3.63) is 58.5 Å². The number of halogens is 6. The van der Waals surface area contributed by atoms with Crippen molar-refractivity contribution in [1.82, 2.24) is 14.4 Å².